The lowest BCUT2D eigenvalue weighted by Crippen LogP contribution is -2.13. The Balaban J connectivity index is 2.30. The molecule has 0 bridgehead atoms. The highest BCUT2D eigenvalue weighted by Gasteiger charge is 2.16. The average molecular weight is 316 g/mol. The van der Waals surface area contributed by atoms with Crippen LogP contribution in [0, 0.1) is 5.82 Å². The molecule has 2 rings (SSSR count). The maximum absolute atomic E-state index is 13.5. The summed E-state index contributed by atoms with van der Waals surface area (Å²) in [6.07, 6.45) is 0. The first kappa shape index (κ1) is 14.6. The first-order chi connectivity index (χ1) is 9.42. The molecule has 0 aliphatic rings. The van der Waals surface area contributed by atoms with Gasteiger partial charge in [-0.3, -0.25) is 4.72 Å². The van der Waals surface area contributed by atoms with Crippen molar-refractivity contribution >= 4 is 27.3 Å². The van der Waals surface area contributed by atoms with Crippen molar-refractivity contribution in [2.24, 2.45) is 0 Å². The number of methoxy groups -OCH3 is 1. The van der Waals surface area contributed by atoms with E-state index >= 15 is 0 Å². The van der Waals surface area contributed by atoms with Gasteiger partial charge in [0.25, 0.3) is 10.0 Å². The van der Waals surface area contributed by atoms with Crippen LogP contribution in [0.15, 0.2) is 47.4 Å². The van der Waals surface area contributed by atoms with E-state index in [-0.39, 0.29) is 10.6 Å². The van der Waals surface area contributed by atoms with Crippen molar-refractivity contribution in [3.05, 3.63) is 53.3 Å². The van der Waals surface area contributed by atoms with Crippen LogP contribution in [-0.2, 0) is 10.0 Å². The highest BCUT2D eigenvalue weighted by molar-refractivity contribution is 7.92. The van der Waals surface area contributed by atoms with Gasteiger partial charge in [-0.25, -0.2) is 12.8 Å². The van der Waals surface area contributed by atoms with Crippen LogP contribution in [0.25, 0.3) is 0 Å². The van der Waals surface area contributed by atoms with E-state index in [4.69, 9.17) is 16.3 Å². The monoisotopic (exact) mass is 315 g/mol. The molecule has 0 aromatic heterocycles. The normalized spacial score (nSPS) is 11.2. The zero-order valence-corrected chi connectivity index (χ0v) is 12.0. The largest absolute Gasteiger partial charge is 0.494 e. The van der Waals surface area contributed by atoms with E-state index in [1.165, 1.54) is 31.4 Å². The lowest BCUT2D eigenvalue weighted by atomic mass is 10.3. The molecule has 0 saturated carbocycles. The molecule has 0 radical (unpaired) electrons. The summed E-state index contributed by atoms with van der Waals surface area (Å²) in [6.45, 7) is 0. The molecule has 20 heavy (non-hydrogen) atoms. The fourth-order valence-electron chi connectivity index (χ4n) is 1.55. The topological polar surface area (TPSA) is 55.4 Å². The van der Waals surface area contributed by atoms with Gasteiger partial charge in [-0.05, 0) is 42.5 Å². The molecule has 0 atom stereocenters. The molecule has 0 aliphatic carbocycles. The van der Waals surface area contributed by atoms with Crippen LogP contribution in [-0.4, -0.2) is 15.5 Å². The number of ether oxygens (including phenoxy) is 1. The third kappa shape index (κ3) is 3.20. The minimum absolute atomic E-state index is 0.0181. The van der Waals surface area contributed by atoms with E-state index in [0.29, 0.717) is 10.7 Å². The third-order valence-electron chi connectivity index (χ3n) is 2.53. The predicted octanol–water partition coefficient (Wildman–Crippen LogP) is 3.29. The maximum Gasteiger partial charge on any atom is 0.262 e. The lowest BCUT2D eigenvalue weighted by Gasteiger charge is -2.09. The van der Waals surface area contributed by atoms with E-state index in [1.807, 2.05) is 0 Å². The number of hydrogen-bond donors (Lipinski definition) is 1. The van der Waals surface area contributed by atoms with Crippen molar-refractivity contribution < 1.29 is 17.5 Å². The van der Waals surface area contributed by atoms with E-state index < -0.39 is 15.8 Å². The highest BCUT2D eigenvalue weighted by Crippen LogP contribution is 2.23. The Morgan fingerprint density at radius 1 is 1.15 bits per heavy atom. The van der Waals surface area contributed by atoms with Gasteiger partial charge in [-0.15, -0.1) is 0 Å². The number of nitrogens with one attached hydrogen (secondary N) is 1. The van der Waals surface area contributed by atoms with Gasteiger partial charge in [0.05, 0.1) is 12.0 Å². The van der Waals surface area contributed by atoms with Crippen LogP contribution < -0.4 is 9.46 Å². The number of hydrogen-bond acceptors (Lipinski definition) is 3. The summed E-state index contributed by atoms with van der Waals surface area (Å²) in [4.78, 5) is -0.189. The van der Waals surface area contributed by atoms with Crippen LogP contribution in [0.5, 0.6) is 5.75 Å². The van der Waals surface area contributed by atoms with Crippen molar-refractivity contribution in [2.45, 2.75) is 4.90 Å². The molecule has 2 aromatic carbocycles. The second-order valence-corrected chi connectivity index (χ2v) is 6.03. The Morgan fingerprint density at radius 2 is 1.80 bits per heavy atom. The van der Waals surface area contributed by atoms with E-state index in [9.17, 15) is 12.8 Å². The van der Waals surface area contributed by atoms with Gasteiger partial charge < -0.3 is 4.74 Å². The molecule has 106 valence electrons. The Hall–Kier alpha value is -1.79. The number of anilines is 1. The molecular weight excluding hydrogens is 305 g/mol. The Morgan fingerprint density at radius 3 is 2.35 bits per heavy atom. The molecule has 0 unspecified atom stereocenters. The summed E-state index contributed by atoms with van der Waals surface area (Å²) >= 11 is 5.71. The molecule has 0 heterocycles. The van der Waals surface area contributed by atoms with Crippen molar-refractivity contribution in [1.29, 1.82) is 0 Å². The summed E-state index contributed by atoms with van der Waals surface area (Å²) in [5, 5.41) is 0.489. The fourth-order valence-corrected chi connectivity index (χ4v) is 2.74. The quantitative estimate of drug-likeness (QED) is 0.942. The van der Waals surface area contributed by atoms with E-state index in [2.05, 4.69) is 4.72 Å². The van der Waals surface area contributed by atoms with Gasteiger partial charge in [-0.1, -0.05) is 11.6 Å². The second-order valence-electron chi connectivity index (χ2n) is 3.91. The van der Waals surface area contributed by atoms with Crippen molar-refractivity contribution in [2.75, 3.05) is 11.8 Å². The van der Waals surface area contributed by atoms with Crippen molar-refractivity contribution in [3.63, 3.8) is 0 Å². The summed E-state index contributed by atoms with van der Waals surface area (Å²) in [7, 11) is -2.56. The zero-order valence-electron chi connectivity index (χ0n) is 10.4. The van der Waals surface area contributed by atoms with Crippen LogP contribution in [0.4, 0.5) is 10.1 Å². The van der Waals surface area contributed by atoms with Crippen LogP contribution >= 0.6 is 11.6 Å². The molecule has 0 fully saturated rings. The Labute approximate surface area is 121 Å². The number of sulfonamides is 1. The van der Waals surface area contributed by atoms with E-state index in [0.717, 1.165) is 6.07 Å². The number of benzene rings is 2. The van der Waals surface area contributed by atoms with Crippen LogP contribution in [0.1, 0.15) is 0 Å². The Kier molecular flexibility index (Phi) is 4.15. The first-order valence-corrected chi connectivity index (χ1v) is 7.40. The number of halogens is 2. The molecule has 7 heteroatoms. The lowest BCUT2D eigenvalue weighted by molar-refractivity contribution is 0.385. The third-order valence-corrected chi connectivity index (χ3v) is 4.16. The molecule has 0 aliphatic heterocycles. The van der Waals surface area contributed by atoms with Gasteiger partial charge in [-0.2, -0.15) is 0 Å². The molecule has 0 saturated heterocycles. The number of rotatable bonds is 4. The van der Waals surface area contributed by atoms with Crippen LogP contribution in [0.2, 0.25) is 5.02 Å². The summed E-state index contributed by atoms with van der Waals surface area (Å²) < 4.78 is 44.8. The predicted molar refractivity (Wildman–Crippen MR) is 75.2 cm³/mol. The fraction of sp³-hybridized carbons (Fsp3) is 0.0769. The van der Waals surface area contributed by atoms with Gasteiger partial charge in [0.2, 0.25) is 0 Å². The van der Waals surface area contributed by atoms with E-state index in [1.54, 1.807) is 12.1 Å². The summed E-state index contributed by atoms with van der Waals surface area (Å²) in [6, 6.07) is 9.55. The minimum Gasteiger partial charge on any atom is -0.494 e. The second kappa shape index (κ2) is 5.68. The minimum atomic E-state index is -3.86. The first-order valence-electron chi connectivity index (χ1n) is 5.54. The summed E-state index contributed by atoms with van der Waals surface area (Å²) in [5.74, 6) is -0.762. The van der Waals surface area contributed by atoms with Crippen molar-refractivity contribution in [3.8, 4) is 5.75 Å². The standard InChI is InChI=1S/C13H11ClFNO3S/c1-19-13-7-6-11(8-12(13)15)20(17,18)16-10-4-2-9(14)3-5-10/h2-8,16H,1H3. The smallest absolute Gasteiger partial charge is 0.262 e. The SMILES string of the molecule is COc1ccc(S(=O)(=O)Nc2ccc(Cl)cc2)cc1F. The maximum atomic E-state index is 13.5. The van der Waals surface area contributed by atoms with Crippen molar-refractivity contribution in [1.82, 2.24) is 0 Å². The van der Waals surface area contributed by atoms with Gasteiger partial charge in [0.15, 0.2) is 11.6 Å². The zero-order chi connectivity index (χ0) is 14.8. The molecule has 0 spiro atoms. The summed E-state index contributed by atoms with van der Waals surface area (Å²) in [5.41, 5.74) is 0.339. The molecule has 2 aromatic rings. The van der Waals surface area contributed by atoms with Gasteiger partial charge >= 0.3 is 0 Å². The molecule has 4 nitrogen and oxygen atoms in total. The molecule has 0 amide bonds. The molecule has 1 N–H and O–H groups in total. The average Bonchev–Trinajstić information content (AvgIpc) is 2.41. The van der Waals surface area contributed by atoms with Crippen LogP contribution in [0.3, 0.4) is 0 Å². The highest BCUT2D eigenvalue weighted by atomic mass is 35.5. The van der Waals surface area contributed by atoms with Gasteiger partial charge in [0.1, 0.15) is 0 Å². The molecular formula is C13H11ClFNO3S. The Bertz CT molecular complexity index is 717. The van der Waals surface area contributed by atoms with Gasteiger partial charge in [0, 0.05) is 10.7 Å².